The van der Waals surface area contributed by atoms with E-state index in [0.717, 1.165) is 24.0 Å². The summed E-state index contributed by atoms with van der Waals surface area (Å²) in [5.41, 5.74) is 1.61. The Hall–Kier alpha value is -0.570. The molecule has 0 spiro atoms. The highest BCUT2D eigenvalue weighted by Crippen LogP contribution is 2.70. The van der Waals surface area contributed by atoms with E-state index >= 15 is 0 Å². The number of nitrogens with zero attached hydrogens (tertiary/aromatic N) is 3. The van der Waals surface area contributed by atoms with Crippen LogP contribution in [0.5, 0.6) is 0 Å². The van der Waals surface area contributed by atoms with Crippen LogP contribution in [0.3, 0.4) is 0 Å². The summed E-state index contributed by atoms with van der Waals surface area (Å²) in [6.07, 6.45) is 9.61. The zero-order valence-corrected chi connectivity index (χ0v) is 14.2. The van der Waals surface area contributed by atoms with E-state index in [0.29, 0.717) is 22.1 Å². The molecule has 1 aromatic rings. The maximum Gasteiger partial charge on any atom is 0.147 e. The highest BCUT2D eigenvalue weighted by molar-refractivity contribution is 6.16. The monoisotopic (exact) mass is 307 g/mol. The molecule has 4 aliphatic carbocycles. The summed E-state index contributed by atoms with van der Waals surface area (Å²) in [7, 11) is 2.07. The van der Waals surface area contributed by atoms with E-state index in [1.807, 2.05) is 0 Å². The summed E-state index contributed by atoms with van der Waals surface area (Å²) in [6.45, 7) is 5.07. The predicted molar refractivity (Wildman–Crippen MR) is 84.1 cm³/mol. The molecular formula is C17H26ClN3. The van der Waals surface area contributed by atoms with Crippen LogP contribution >= 0.6 is 11.6 Å². The van der Waals surface area contributed by atoms with Crippen molar-refractivity contribution in [3.63, 3.8) is 0 Å². The molecule has 116 valence electrons. The molecule has 5 rings (SSSR count). The molecule has 4 heteroatoms. The SMILES string of the molecule is Cn1c(CCl)nnc1CC12CC3CC(C)(CC(C)(C3)C1)C2. The Morgan fingerprint density at radius 1 is 1.05 bits per heavy atom. The third-order valence-corrected chi connectivity index (χ3v) is 6.69. The van der Waals surface area contributed by atoms with Gasteiger partial charge in [-0.25, -0.2) is 0 Å². The number of halogens is 1. The van der Waals surface area contributed by atoms with Gasteiger partial charge in [0.05, 0.1) is 5.88 Å². The highest BCUT2D eigenvalue weighted by atomic mass is 35.5. The van der Waals surface area contributed by atoms with Gasteiger partial charge in [0.1, 0.15) is 11.6 Å². The first-order chi connectivity index (χ1) is 9.84. The highest BCUT2D eigenvalue weighted by Gasteiger charge is 2.60. The maximum absolute atomic E-state index is 5.94. The lowest BCUT2D eigenvalue weighted by Crippen LogP contribution is -2.55. The molecule has 0 aromatic carbocycles. The number of hydrogen-bond acceptors (Lipinski definition) is 2. The Labute approximate surface area is 132 Å². The molecule has 4 aliphatic rings. The van der Waals surface area contributed by atoms with Crippen molar-refractivity contribution in [1.29, 1.82) is 0 Å². The van der Waals surface area contributed by atoms with Crippen LogP contribution in [0.2, 0.25) is 0 Å². The van der Waals surface area contributed by atoms with Gasteiger partial charge in [-0.1, -0.05) is 13.8 Å². The fourth-order valence-corrected chi connectivity index (χ4v) is 7.12. The lowest BCUT2D eigenvalue weighted by molar-refractivity contribution is -0.145. The van der Waals surface area contributed by atoms with E-state index in [4.69, 9.17) is 11.6 Å². The van der Waals surface area contributed by atoms with Gasteiger partial charge >= 0.3 is 0 Å². The molecule has 1 heterocycles. The zero-order valence-electron chi connectivity index (χ0n) is 13.5. The molecule has 0 saturated heterocycles. The van der Waals surface area contributed by atoms with Gasteiger partial charge < -0.3 is 4.57 Å². The van der Waals surface area contributed by atoms with Crippen molar-refractivity contribution in [3.8, 4) is 0 Å². The molecule has 4 saturated carbocycles. The van der Waals surface area contributed by atoms with Crippen LogP contribution in [0.1, 0.15) is 64.0 Å². The first-order valence-corrected chi connectivity index (χ1v) is 8.81. The molecule has 2 unspecified atom stereocenters. The van der Waals surface area contributed by atoms with Gasteiger partial charge in [0.25, 0.3) is 0 Å². The van der Waals surface area contributed by atoms with Crippen LogP contribution in [-0.4, -0.2) is 14.8 Å². The molecule has 0 aliphatic heterocycles. The Balaban J connectivity index is 1.66. The molecule has 2 atom stereocenters. The van der Waals surface area contributed by atoms with Crippen molar-refractivity contribution >= 4 is 11.6 Å². The lowest BCUT2D eigenvalue weighted by atomic mass is 9.40. The zero-order chi connectivity index (χ0) is 14.9. The van der Waals surface area contributed by atoms with Gasteiger partial charge in [0, 0.05) is 13.5 Å². The molecule has 0 amide bonds. The number of hydrogen-bond donors (Lipinski definition) is 0. The lowest BCUT2D eigenvalue weighted by Gasteiger charge is -2.65. The van der Waals surface area contributed by atoms with Gasteiger partial charge in [-0.2, -0.15) is 0 Å². The molecule has 4 fully saturated rings. The number of alkyl halides is 1. The quantitative estimate of drug-likeness (QED) is 0.787. The smallest absolute Gasteiger partial charge is 0.147 e. The van der Waals surface area contributed by atoms with Gasteiger partial charge in [0.15, 0.2) is 0 Å². The van der Waals surface area contributed by atoms with E-state index < -0.39 is 0 Å². The van der Waals surface area contributed by atoms with Gasteiger partial charge in [-0.05, 0) is 60.7 Å². The summed E-state index contributed by atoms with van der Waals surface area (Å²) < 4.78 is 2.12. The van der Waals surface area contributed by atoms with Crippen molar-refractivity contribution in [2.75, 3.05) is 0 Å². The van der Waals surface area contributed by atoms with Gasteiger partial charge in [0.2, 0.25) is 0 Å². The number of rotatable bonds is 3. The molecule has 3 nitrogen and oxygen atoms in total. The van der Waals surface area contributed by atoms with E-state index in [1.165, 1.54) is 38.5 Å². The van der Waals surface area contributed by atoms with Gasteiger partial charge in [-0.3, -0.25) is 0 Å². The van der Waals surface area contributed by atoms with Gasteiger partial charge in [-0.15, -0.1) is 21.8 Å². The minimum atomic E-state index is 0.453. The van der Waals surface area contributed by atoms with Crippen LogP contribution < -0.4 is 0 Å². The second kappa shape index (κ2) is 4.24. The Bertz CT molecular complexity index is 561. The van der Waals surface area contributed by atoms with Crippen LogP contribution in [0, 0.1) is 22.2 Å². The molecule has 0 N–H and O–H groups in total. The average molecular weight is 308 g/mol. The summed E-state index contributed by atoms with van der Waals surface area (Å²) in [5.74, 6) is 3.43. The van der Waals surface area contributed by atoms with Crippen LogP contribution in [0.4, 0.5) is 0 Å². The largest absolute Gasteiger partial charge is 0.317 e. The standard InChI is InChI=1S/C17H26ClN3/c1-15-4-12-5-16(2,9-15)11-17(6-12,10-15)7-13-19-20-14(8-18)21(13)3/h12H,4-11H2,1-3H3. The summed E-state index contributed by atoms with van der Waals surface area (Å²) in [6, 6.07) is 0. The predicted octanol–water partition coefficient (Wildman–Crippen LogP) is 4.09. The van der Waals surface area contributed by atoms with Crippen molar-refractivity contribution in [1.82, 2.24) is 14.8 Å². The molecule has 21 heavy (non-hydrogen) atoms. The summed E-state index contributed by atoms with van der Waals surface area (Å²) in [4.78, 5) is 0. The first kappa shape index (κ1) is 14.0. The van der Waals surface area contributed by atoms with Crippen molar-refractivity contribution in [2.45, 2.75) is 64.7 Å². The Morgan fingerprint density at radius 2 is 1.67 bits per heavy atom. The van der Waals surface area contributed by atoms with Crippen molar-refractivity contribution in [2.24, 2.45) is 29.2 Å². The number of aromatic nitrogens is 3. The van der Waals surface area contributed by atoms with Crippen molar-refractivity contribution in [3.05, 3.63) is 11.6 Å². The van der Waals surface area contributed by atoms with E-state index in [9.17, 15) is 0 Å². The van der Waals surface area contributed by atoms with Crippen LogP contribution in [0.25, 0.3) is 0 Å². The minimum absolute atomic E-state index is 0.453. The fourth-order valence-electron chi connectivity index (χ4n) is 6.89. The minimum Gasteiger partial charge on any atom is -0.317 e. The summed E-state index contributed by atoms with van der Waals surface area (Å²) in [5, 5.41) is 8.68. The van der Waals surface area contributed by atoms with Crippen molar-refractivity contribution < 1.29 is 0 Å². The normalized spacial score (nSPS) is 44.5. The molecular weight excluding hydrogens is 282 g/mol. The first-order valence-electron chi connectivity index (χ1n) is 8.28. The third kappa shape index (κ3) is 2.15. The topological polar surface area (TPSA) is 30.7 Å². The van der Waals surface area contributed by atoms with Crippen LogP contribution in [-0.2, 0) is 19.3 Å². The Kier molecular flexibility index (Phi) is 2.84. The van der Waals surface area contributed by atoms with E-state index in [2.05, 4.69) is 35.7 Å². The van der Waals surface area contributed by atoms with Crippen LogP contribution in [0.15, 0.2) is 0 Å². The van der Waals surface area contributed by atoms with E-state index in [-0.39, 0.29) is 0 Å². The average Bonchev–Trinajstić information content (AvgIpc) is 2.65. The second-order valence-electron chi connectivity index (χ2n) is 9.03. The third-order valence-electron chi connectivity index (χ3n) is 6.45. The second-order valence-corrected chi connectivity index (χ2v) is 9.30. The molecule has 1 aromatic heterocycles. The summed E-state index contributed by atoms with van der Waals surface area (Å²) >= 11 is 5.94. The Morgan fingerprint density at radius 3 is 2.19 bits per heavy atom. The molecule has 4 bridgehead atoms. The molecule has 0 radical (unpaired) electrons. The maximum atomic E-state index is 5.94. The fraction of sp³-hybridized carbons (Fsp3) is 0.882. The van der Waals surface area contributed by atoms with E-state index in [1.54, 1.807) is 0 Å².